The maximum Gasteiger partial charge on any atom is 0.250 e. The van der Waals surface area contributed by atoms with Crippen molar-refractivity contribution in [1.82, 2.24) is 4.98 Å². The maximum absolute atomic E-state index is 12.3. The molecule has 0 unspecified atom stereocenters. The van der Waals surface area contributed by atoms with E-state index in [1.165, 1.54) is 17.4 Å². The maximum atomic E-state index is 12.3. The van der Waals surface area contributed by atoms with Crippen molar-refractivity contribution in [2.24, 2.45) is 5.92 Å². The first-order chi connectivity index (χ1) is 14.5. The number of benzene rings is 2. The van der Waals surface area contributed by atoms with E-state index in [0.29, 0.717) is 17.7 Å². The molecular weight excluding hydrogens is 396 g/mol. The Labute approximate surface area is 181 Å². The number of para-hydroxylation sites is 1. The predicted molar refractivity (Wildman–Crippen MR) is 123 cm³/mol. The molecular formula is C24H26N2O3S. The Balaban J connectivity index is 1.61. The monoisotopic (exact) mass is 422 g/mol. The Morgan fingerprint density at radius 2 is 1.93 bits per heavy atom. The molecule has 5 nitrogen and oxygen atoms in total. The molecule has 30 heavy (non-hydrogen) atoms. The van der Waals surface area contributed by atoms with Crippen molar-refractivity contribution in [2.75, 3.05) is 19.0 Å². The van der Waals surface area contributed by atoms with Gasteiger partial charge in [-0.05, 0) is 48.7 Å². The molecule has 1 amide bonds. The third kappa shape index (κ3) is 6.19. The summed E-state index contributed by atoms with van der Waals surface area (Å²) in [6.07, 6.45) is 4.25. The second-order valence-electron chi connectivity index (χ2n) is 7.16. The molecule has 3 rings (SSSR count). The fourth-order valence-corrected chi connectivity index (χ4v) is 3.41. The molecule has 1 aromatic heterocycles. The van der Waals surface area contributed by atoms with Gasteiger partial charge in [0.15, 0.2) is 5.13 Å². The zero-order chi connectivity index (χ0) is 21.3. The average molecular weight is 423 g/mol. The smallest absolute Gasteiger partial charge is 0.250 e. The SMILES string of the molecule is COc1ccc(-c2csc(NC(=O)/C=C/c3ccccc3OCCC(C)C)n2)cc1. The van der Waals surface area contributed by atoms with Crippen molar-refractivity contribution in [1.29, 1.82) is 0 Å². The zero-order valence-corrected chi connectivity index (χ0v) is 18.2. The van der Waals surface area contributed by atoms with Crippen LogP contribution in [-0.4, -0.2) is 24.6 Å². The van der Waals surface area contributed by atoms with Gasteiger partial charge in [-0.15, -0.1) is 11.3 Å². The molecule has 6 heteroatoms. The molecule has 1 heterocycles. The highest BCUT2D eigenvalue weighted by Gasteiger charge is 2.07. The van der Waals surface area contributed by atoms with E-state index < -0.39 is 0 Å². The van der Waals surface area contributed by atoms with Crippen LogP contribution in [0.25, 0.3) is 17.3 Å². The van der Waals surface area contributed by atoms with Gasteiger partial charge in [0.1, 0.15) is 11.5 Å². The van der Waals surface area contributed by atoms with Crippen LogP contribution in [0.1, 0.15) is 25.8 Å². The standard InChI is InChI=1S/C24H26N2O3S/c1-17(2)14-15-29-22-7-5-4-6-19(22)10-13-23(27)26-24-25-21(16-30-24)18-8-11-20(28-3)12-9-18/h4-13,16-17H,14-15H2,1-3H3,(H,25,26,27)/b13-10+. The highest BCUT2D eigenvalue weighted by Crippen LogP contribution is 2.26. The third-order valence-electron chi connectivity index (χ3n) is 4.41. The lowest BCUT2D eigenvalue weighted by Crippen LogP contribution is -2.07. The molecule has 156 valence electrons. The van der Waals surface area contributed by atoms with Crippen LogP contribution in [-0.2, 0) is 4.79 Å². The Morgan fingerprint density at radius 3 is 2.67 bits per heavy atom. The van der Waals surface area contributed by atoms with E-state index in [2.05, 4.69) is 24.1 Å². The molecule has 0 radical (unpaired) electrons. The van der Waals surface area contributed by atoms with Gasteiger partial charge in [0, 0.05) is 22.6 Å². The number of hydrogen-bond acceptors (Lipinski definition) is 5. The first kappa shape index (κ1) is 21.6. The summed E-state index contributed by atoms with van der Waals surface area (Å²) in [5, 5.41) is 5.29. The summed E-state index contributed by atoms with van der Waals surface area (Å²) in [7, 11) is 1.63. The number of nitrogens with zero attached hydrogens (tertiary/aromatic N) is 1. The quantitative estimate of drug-likeness (QED) is 0.437. The van der Waals surface area contributed by atoms with Crippen molar-refractivity contribution in [2.45, 2.75) is 20.3 Å². The molecule has 0 spiro atoms. The normalized spacial score (nSPS) is 11.1. The number of carbonyl (C=O) groups excluding carboxylic acids is 1. The Bertz CT molecular complexity index is 994. The molecule has 0 atom stereocenters. The van der Waals surface area contributed by atoms with Gasteiger partial charge in [0.05, 0.1) is 19.4 Å². The summed E-state index contributed by atoms with van der Waals surface area (Å²) < 4.78 is 11.0. The molecule has 0 fully saturated rings. The zero-order valence-electron chi connectivity index (χ0n) is 17.4. The Kier molecular flexibility index (Phi) is 7.63. The van der Waals surface area contributed by atoms with E-state index >= 15 is 0 Å². The molecule has 0 aliphatic carbocycles. The van der Waals surface area contributed by atoms with Crippen molar-refractivity contribution in [3.63, 3.8) is 0 Å². The summed E-state index contributed by atoms with van der Waals surface area (Å²) in [6.45, 7) is 4.98. The highest BCUT2D eigenvalue weighted by molar-refractivity contribution is 7.14. The van der Waals surface area contributed by atoms with Crippen molar-refractivity contribution in [3.8, 4) is 22.8 Å². The second kappa shape index (κ2) is 10.6. The topological polar surface area (TPSA) is 60.5 Å². The number of ether oxygens (including phenoxy) is 2. The summed E-state index contributed by atoms with van der Waals surface area (Å²) in [5.41, 5.74) is 2.65. The number of nitrogens with one attached hydrogen (secondary N) is 1. The fraction of sp³-hybridized carbons (Fsp3) is 0.250. The lowest BCUT2D eigenvalue weighted by Gasteiger charge is -2.10. The number of hydrogen-bond donors (Lipinski definition) is 1. The molecule has 0 saturated heterocycles. The Morgan fingerprint density at radius 1 is 1.17 bits per heavy atom. The van der Waals surface area contributed by atoms with Crippen LogP contribution in [0.3, 0.4) is 0 Å². The summed E-state index contributed by atoms with van der Waals surface area (Å²) >= 11 is 1.39. The van der Waals surface area contributed by atoms with Crippen LogP contribution in [0.2, 0.25) is 0 Å². The largest absolute Gasteiger partial charge is 0.497 e. The lowest BCUT2D eigenvalue weighted by atomic mass is 10.1. The van der Waals surface area contributed by atoms with Gasteiger partial charge < -0.3 is 9.47 Å². The van der Waals surface area contributed by atoms with Gasteiger partial charge in [-0.3, -0.25) is 10.1 Å². The van der Waals surface area contributed by atoms with Crippen LogP contribution in [0.15, 0.2) is 60.0 Å². The van der Waals surface area contributed by atoms with E-state index in [4.69, 9.17) is 9.47 Å². The van der Waals surface area contributed by atoms with Gasteiger partial charge in [0.25, 0.3) is 0 Å². The second-order valence-corrected chi connectivity index (χ2v) is 8.02. The van der Waals surface area contributed by atoms with Gasteiger partial charge >= 0.3 is 0 Å². The predicted octanol–water partition coefficient (Wildman–Crippen LogP) is 5.90. The van der Waals surface area contributed by atoms with E-state index in [1.54, 1.807) is 13.2 Å². The summed E-state index contributed by atoms with van der Waals surface area (Å²) in [5.74, 6) is 1.92. The van der Waals surface area contributed by atoms with Crippen LogP contribution in [0.4, 0.5) is 5.13 Å². The van der Waals surface area contributed by atoms with E-state index in [-0.39, 0.29) is 5.91 Å². The molecule has 0 aliphatic rings. The molecule has 0 aliphatic heterocycles. The van der Waals surface area contributed by atoms with Gasteiger partial charge in [0.2, 0.25) is 5.91 Å². The minimum atomic E-state index is -0.234. The molecule has 1 N–H and O–H groups in total. The van der Waals surface area contributed by atoms with Crippen molar-refractivity contribution >= 4 is 28.5 Å². The van der Waals surface area contributed by atoms with Crippen LogP contribution >= 0.6 is 11.3 Å². The molecule has 0 bridgehead atoms. The van der Waals surface area contributed by atoms with Gasteiger partial charge in [-0.2, -0.15) is 0 Å². The minimum Gasteiger partial charge on any atom is -0.497 e. The number of anilines is 1. The number of thiazole rings is 1. The number of methoxy groups -OCH3 is 1. The lowest BCUT2D eigenvalue weighted by molar-refractivity contribution is -0.111. The average Bonchev–Trinajstić information content (AvgIpc) is 3.21. The van der Waals surface area contributed by atoms with E-state index in [0.717, 1.165) is 34.7 Å². The van der Waals surface area contributed by atoms with E-state index in [9.17, 15) is 4.79 Å². The van der Waals surface area contributed by atoms with Crippen LogP contribution < -0.4 is 14.8 Å². The number of carbonyl (C=O) groups is 1. The third-order valence-corrected chi connectivity index (χ3v) is 5.16. The van der Waals surface area contributed by atoms with Gasteiger partial charge in [-0.1, -0.05) is 32.0 Å². The van der Waals surface area contributed by atoms with Crippen molar-refractivity contribution in [3.05, 3.63) is 65.6 Å². The first-order valence-corrected chi connectivity index (χ1v) is 10.7. The van der Waals surface area contributed by atoms with Crippen LogP contribution in [0, 0.1) is 5.92 Å². The van der Waals surface area contributed by atoms with Crippen molar-refractivity contribution < 1.29 is 14.3 Å². The highest BCUT2D eigenvalue weighted by atomic mass is 32.1. The fourth-order valence-electron chi connectivity index (χ4n) is 2.69. The molecule has 3 aromatic rings. The van der Waals surface area contributed by atoms with Gasteiger partial charge in [-0.25, -0.2) is 4.98 Å². The number of amides is 1. The number of rotatable bonds is 9. The summed E-state index contributed by atoms with van der Waals surface area (Å²) in [4.78, 5) is 16.8. The minimum absolute atomic E-state index is 0.234. The van der Waals surface area contributed by atoms with Crippen LogP contribution in [0.5, 0.6) is 11.5 Å². The molecule has 2 aromatic carbocycles. The van der Waals surface area contributed by atoms with E-state index in [1.807, 2.05) is 53.9 Å². The number of aromatic nitrogens is 1. The summed E-state index contributed by atoms with van der Waals surface area (Å²) in [6, 6.07) is 15.4. The first-order valence-electron chi connectivity index (χ1n) is 9.86. The Hall–Kier alpha value is -3.12. The molecule has 0 saturated carbocycles.